The smallest absolute Gasteiger partial charge is 0.251 e. The Morgan fingerprint density at radius 3 is 2.37 bits per heavy atom. The van der Waals surface area contributed by atoms with Crippen LogP contribution in [0.2, 0.25) is 0 Å². The molecule has 1 saturated carbocycles. The molecule has 0 unspecified atom stereocenters. The Bertz CT molecular complexity index is 434. The van der Waals surface area contributed by atoms with Crippen molar-refractivity contribution in [3.05, 3.63) is 35.4 Å². The fourth-order valence-electron chi connectivity index (χ4n) is 2.83. The third-order valence-corrected chi connectivity index (χ3v) is 4.15. The van der Waals surface area contributed by atoms with Crippen LogP contribution in [0, 0.1) is 6.92 Å². The molecule has 0 spiro atoms. The van der Waals surface area contributed by atoms with Crippen LogP contribution in [-0.2, 0) is 0 Å². The van der Waals surface area contributed by atoms with E-state index < -0.39 is 0 Å². The summed E-state index contributed by atoms with van der Waals surface area (Å²) in [7, 11) is 4.27. The number of amides is 1. The minimum Gasteiger partial charge on any atom is -0.349 e. The summed E-state index contributed by atoms with van der Waals surface area (Å²) in [6.07, 6.45) is 4.51. The van der Waals surface area contributed by atoms with Gasteiger partial charge in [0, 0.05) is 17.6 Å². The maximum Gasteiger partial charge on any atom is 0.251 e. The molecule has 19 heavy (non-hydrogen) atoms. The van der Waals surface area contributed by atoms with E-state index in [1.54, 1.807) is 0 Å². The Labute approximate surface area is 116 Å². The van der Waals surface area contributed by atoms with Crippen LogP contribution in [0.15, 0.2) is 24.3 Å². The summed E-state index contributed by atoms with van der Waals surface area (Å²) < 4.78 is 0. The summed E-state index contributed by atoms with van der Waals surface area (Å²) >= 11 is 0. The first-order valence-electron chi connectivity index (χ1n) is 7.11. The van der Waals surface area contributed by atoms with Crippen molar-refractivity contribution in [3.63, 3.8) is 0 Å². The molecule has 0 bridgehead atoms. The van der Waals surface area contributed by atoms with Gasteiger partial charge in [0.25, 0.3) is 5.91 Å². The zero-order chi connectivity index (χ0) is 13.8. The minimum absolute atomic E-state index is 0.0754. The number of hydrogen-bond acceptors (Lipinski definition) is 2. The predicted molar refractivity (Wildman–Crippen MR) is 78.4 cm³/mol. The zero-order valence-electron chi connectivity index (χ0n) is 12.1. The van der Waals surface area contributed by atoms with Crippen LogP contribution in [0.4, 0.5) is 0 Å². The third kappa shape index (κ3) is 3.57. The van der Waals surface area contributed by atoms with Crippen LogP contribution in [-0.4, -0.2) is 37.0 Å². The summed E-state index contributed by atoms with van der Waals surface area (Å²) in [5, 5.41) is 3.18. The Morgan fingerprint density at radius 1 is 1.16 bits per heavy atom. The van der Waals surface area contributed by atoms with Gasteiger partial charge in [-0.3, -0.25) is 4.79 Å². The molecule has 3 nitrogen and oxygen atoms in total. The molecule has 104 valence electrons. The van der Waals surface area contributed by atoms with Gasteiger partial charge < -0.3 is 10.2 Å². The SMILES string of the molecule is Cc1ccccc1C(=O)NC1CCC(N(C)C)CC1. The van der Waals surface area contributed by atoms with Gasteiger partial charge in [-0.2, -0.15) is 0 Å². The lowest BCUT2D eigenvalue weighted by molar-refractivity contribution is 0.0915. The quantitative estimate of drug-likeness (QED) is 0.906. The molecule has 2 rings (SSSR count). The number of rotatable bonds is 3. The molecule has 3 heteroatoms. The maximum atomic E-state index is 12.2. The van der Waals surface area contributed by atoms with E-state index in [0.717, 1.165) is 24.0 Å². The van der Waals surface area contributed by atoms with E-state index >= 15 is 0 Å². The number of nitrogens with zero attached hydrogens (tertiary/aromatic N) is 1. The molecular weight excluding hydrogens is 236 g/mol. The van der Waals surface area contributed by atoms with Gasteiger partial charge in [-0.25, -0.2) is 0 Å². The highest BCUT2D eigenvalue weighted by Crippen LogP contribution is 2.22. The van der Waals surface area contributed by atoms with Gasteiger partial charge in [-0.1, -0.05) is 18.2 Å². The Kier molecular flexibility index (Phi) is 4.59. The Balaban J connectivity index is 1.89. The Morgan fingerprint density at radius 2 is 1.79 bits per heavy atom. The molecule has 1 amide bonds. The summed E-state index contributed by atoms with van der Waals surface area (Å²) in [5.74, 6) is 0.0754. The highest BCUT2D eigenvalue weighted by atomic mass is 16.1. The highest BCUT2D eigenvalue weighted by molar-refractivity contribution is 5.95. The van der Waals surface area contributed by atoms with Crippen molar-refractivity contribution in [2.24, 2.45) is 0 Å². The van der Waals surface area contributed by atoms with Gasteiger partial charge in [0.2, 0.25) is 0 Å². The van der Waals surface area contributed by atoms with Crippen molar-refractivity contribution >= 4 is 5.91 Å². The third-order valence-electron chi connectivity index (χ3n) is 4.15. The van der Waals surface area contributed by atoms with Crippen LogP contribution in [0.5, 0.6) is 0 Å². The zero-order valence-corrected chi connectivity index (χ0v) is 12.1. The van der Waals surface area contributed by atoms with Crippen LogP contribution >= 0.6 is 0 Å². The minimum atomic E-state index is 0.0754. The monoisotopic (exact) mass is 260 g/mol. The Hall–Kier alpha value is -1.35. The highest BCUT2D eigenvalue weighted by Gasteiger charge is 2.23. The molecule has 0 heterocycles. The summed E-state index contributed by atoms with van der Waals surface area (Å²) in [5.41, 5.74) is 1.85. The van der Waals surface area contributed by atoms with Crippen molar-refractivity contribution in [2.75, 3.05) is 14.1 Å². The second-order valence-corrected chi connectivity index (χ2v) is 5.76. The molecule has 1 aliphatic carbocycles. The lowest BCUT2D eigenvalue weighted by Gasteiger charge is -2.33. The average molecular weight is 260 g/mol. The lowest BCUT2D eigenvalue weighted by atomic mass is 9.90. The van der Waals surface area contributed by atoms with E-state index in [9.17, 15) is 4.79 Å². The molecular formula is C16H24N2O. The van der Waals surface area contributed by atoms with Gasteiger partial charge >= 0.3 is 0 Å². The molecule has 0 saturated heterocycles. The van der Waals surface area contributed by atoms with Gasteiger partial charge in [0.05, 0.1) is 0 Å². The second-order valence-electron chi connectivity index (χ2n) is 5.76. The molecule has 0 atom stereocenters. The summed E-state index contributed by atoms with van der Waals surface area (Å²) in [6, 6.07) is 8.78. The van der Waals surface area contributed by atoms with Gasteiger partial charge in [0.15, 0.2) is 0 Å². The van der Waals surface area contributed by atoms with Gasteiger partial charge in [-0.05, 0) is 58.3 Å². The van der Waals surface area contributed by atoms with E-state index in [4.69, 9.17) is 0 Å². The van der Waals surface area contributed by atoms with E-state index in [0.29, 0.717) is 12.1 Å². The first kappa shape index (κ1) is 14.1. The number of carbonyl (C=O) groups is 1. The van der Waals surface area contributed by atoms with Crippen molar-refractivity contribution in [2.45, 2.75) is 44.7 Å². The maximum absolute atomic E-state index is 12.2. The van der Waals surface area contributed by atoms with Crippen molar-refractivity contribution in [1.82, 2.24) is 10.2 Å². The van der Waals surface area contributed by atoms with E-state index in [-0.39, 0.29) is 5.91 Å². The fourth-order valence-corrected chi connectivity index (χ4v) is 2.83. The molecule has 0 aromatic heterocycles. The molecule has 1 aromatic carbocycles. The molecule has 1 aromatic rings. The van der Waals surface area contributed by atoms with Crippen LogP contribution in [0.25, 0.3) is 0 Å². The van der Waals surface area contributed by atoms with Crippen LogP contribution < -0.4 is 5.32 Å². The van der Waals surface area contributed by atoms with Gasteiger partial charge in [0.1, 0.15) is 0 Å². The normalized spacial score (nSPS) is 23.4. The lowest BCUT2D eigenvalue weighted by Crippen LogP contribution is -2.41. The standard InChI is InChI=1S/C16H24N2O/c1-12-6-4-5-7-15(12)16(19)17-13-8-10-14(11-9-13)18(2)3/h4-7,13-14H,8-11H2,1-3H3,(H,17,19). The molecule has 0 aliphatic heterocycles. The molecule has 1 fully saturated rings. The largest absolute Gasteiger partial charge is 0.349 e. The summed E-state index contributed by atoms with van der Waals surface area (Å²) in [6.45, 7) is 1.98. The average Bonchev–Trinajstić information content (AvgIpc) is 2.39. The van der Waals surface area contributed by atoms with E-state index in [1.807, 2.05) is 31.2 Å². The number of aryl methyl sites for hydroxylation is 1. The number of carbonyl (C=O) groups excluding carboxylic acids is 1. The van der Waals surface area contributed by atoms with E-state index in [2.05, 4.69) is 24.3 Å². The van der Waals surface area contributed by atoms with Crippen LogP contribution in [0.3, 0.4) is 0 Å². The van der Waals surface area contributed by atoms with E-state index in [1.165, 1.54) is 12.8 Å². The second kappa shape index (κ2) is 6.20. The predicted octanol–water partition coefficient (Wildman–Crippen LogP) is 2.60. The molecule has 0 radical (unpaired) electrons. The molecule has 1 aliphatic rings. The summed E-state index contributed by atoms with van der Waals surface area (Å²) in [4.78, 5) is 14.5. The number of nitrogens with one attached hydrogen (secondary N) is 1. The fraction of sp³-hybridized carbons (Fsp3) is 0.562. The van der Waals surface area contributed by atoms with Crippen LogP contribution in [0.1, 0.15) is 41.6 Å². The van der Waals surface area contributed by atoms with Gasteiger partial charge in [-0.15, -0.1) is 0 Å². The van der Waals surface area contributed by atoms with Crippen molar-refractivity contribution in [3.8, 4) is 0 Å². The van der Waals surface area contributed by atoms with Crippen molar-refractivity contribution < 1.29 is 4.79 Å². The number of hydrogen-bond donors (Lipinski definition) is 1. The first-order chi connectivity index (χ1) is 9.08. The molecule has 1 N–H and O–H groups in total. The number of benzene rings is 1. The van der Waals surface area contributed by atoms with Crippen molar-refractivity contribution in [1.29, 1.82) is 0 Å². The first-order valence-corrected chi connectivity index (χ1v) is 7.11. The topological polar surface area (TPSA) is 32.3 Å².